The van der Waals surface area contributed by atoms with E-state index in [2.05, 4.69) is 25.1 Å². The zero-order chi connectivity index (χ0) is 26.8. The molecule has 198 valence electrons. The Morgan fingerprint density at radius 3 is 2.62 bits per heavy atom. The van der Waals surface area contributed by atoms with Crippen LogP contribution in [0.2, 0.25) is 0 Å². The number of hydrogen-bond acceptors (Lipinski definition) is 7. The van der Waals surface area contributed by atoms with Gasteiger partial charge in [-0.2, -0.15) is 5.10 Å². The normalized spacial score (nSPS) is 14.7. The molecule has 2 aromatic carbocycles. The Morgan fingerprint density at radius 1 is 0.949 bits per heavy atom. The largest absolute Gasteiger partial charge is 0.317 e. The van der Waals surface area contributed by atoms with E-state index in [0.717, 1.165) is 42.4 Å². The van der Waals surface area contributed by atoms with Crippen LogP contribution in [0.1, 0.15) is 30.1 Å². The molecular weight excluding hydrogens is 512 g/mol. The highest BCUT2D eigenvalue weighted by atomic mass is 32.2. The molecule has 5 aromatic rings. The summed E-state index contributed by atoms with van der Waals surface area (Å²) in [6, 6.07) is 16.4. The lowest BCUT2D eigenvalue weighted by Crippen LogP contribution is -2.29. The molecule has 0 amide bonds. The highest BCUT2D eigenvalue weighted by Gasteiger charge is 2.17. The molecule has 0 radical (unpaired) electrons. The van der Waals surface area contributed by atoms with Gasteiger partial charge in [0.15, 0.2) is 5.43 Å². The first-order valence-electron chi connectivity index (χ1n) is 12.9. The minimum Gasteiger partial charge on any atom is -0.317 e. The molecular formula is C29H28N6O3S. The third-order valence-corrected chi connectivity index (χ3v) is 8.42. The van der Waals surface area contributed by atoms with Gasteiger partial charge in [0.05, 0.1) is 35.7 Å². The van der Waals surface area contributed by atoms with Crippen molar-refractivity contribution in [3.8, 4) is 11.1 Å². The van der Waals surface area contributed by atoms with Gasteiger partial charge in [-0.25, -0.2) is 13.1 Å². The van der Waals surface area contributed by atoms with Gasteiger partial charge in [0.2, 0.25) is 10.0 Å². The summed E-state index contributed by atoms with van der Waals surface area (Å²) in [5.74, 6) is -0.245. The number of nitrogens with one attached hydrogen (secondary N) is 2. The van der Waals surface area contributed by atoms with Crippen LogP contribution in [0, 0.1) is 0 Å². The second-order valence-corrected chi connectivity index (χ2v) is 11.6. The van der Waals surface area contributed by atoms with Crippen molar-refractivity contribution >= 4 is 31.7 Å². The van der Waals surface area contributed by atoms with Crippen LogP contribution in [0.3, 0.4) is 0 Å². The molecule has 1 aliphatic rings. The molecule has 0 saturated carbocycles. The predicted molar refractivity (Wildman–Crippen MR) is 152 cm³/mol. The SMILES string of the molecule is O=c1c2cc(CS(=O)(=O)NCc3ccccn3)ccc2ccc2ncc(-c3cnn(C4CCNCC4)c3)cc12. The highest BCUT2D eigenvalue weighted by molar-refractivity contribution is 7.88. The highest BCUT2D eigenvalue weighted by Crippen LogP contribution is 2.25. The maximum Gasteiger partial charge on any atom is 0.216 e. The van der Waals surface area contributed by atoms with Gasteiger partial charge in [0.1, 0.15) is 0 Å². The topological polar surface area (TPSA) is 119 Å². The van der Waals surface area contributed by atoms with Gasteiger partial charge in [-0.05, 0) is 67.2 Å². The first kappa shape index (κ1) is 25.3. The van der Waals surface area contributed by atoms with Crippen molar-refractivity contribution in [1.82, 2.24) is 29.8 Å². The zero-order valence-electron chi connectivity index (χ0n) is 21.2. The van der Waals surface area contributed by atoms with Crippen molar-refractivity contribution in [3.63, 3.8) is 0 Å². The number of hydrogen-bond donors (Lipinski definition) is 2. The van der Waals surface area contributed by atoms with Crippen LogP contribution in [-0.2, 0) is 22.3 Å². The number of pyridine rings is 2. The van der Waals surface area contributed by atoms with Crippen LogP contribution in [0.25, 0.3) is 32.8 Å². The van der Waals surface area contributed by atoms with Gasteiger partial charge < -0.3 is 5.32 Å². The number of benzene rings is 1. The number of sulfonamides is 1. The monoisotopic (exact) mass is 540 g/mol. The second-order valence-electron chi connectivity index (χ2n) is 9.83. The molecule has 0 unspecified atom stereocenters. The molecule has 1 saturated heterocycles. The third kappa shape index (κ3) is 5.58. The van der Waals surface area contributed by atoms with Gasteiger partial charge in [0.25, 0.3) is 0 Å². The first-order valence-corrected chi connectivity index (χ1v) is 14.6. The smallest absolute Gasteiger partial charge is 0.216 e. The molecule has 39 heavy (non-hydrogen) atoms. The number of rotatable bonds is 7. The fourth-order valence-electron chi connectivity index (χ4n) is 5.01. The van der Waals surface area contributed by atoms with Crippen molar-refractivity contribution in [2.24, 2.45) is 0 Å². The molecule has 0 atom stereocenters. The van der Waals surface area contributed by atoms with E-state index >= 15 is 0 Å². The number of nitrogens with zero attached hydrogens (tertiary/aromatic N) is 4. The van der Waals surface area contributed by atoms with Crippen LogP contribution >= 0.6 is 0 Å². The Kier molecular flexibility index (Phi) is 6.90. The molecule has 3 aromatic heterocycles. The molecule has 1 fully saturated rings. The number of fused-ring (bicyclic) bond motifs is 2. The molecule has 9 nitrogen and oxygen atoms in total. The van der Waals surface area contributed by atoms with Gasteiger partial charge in [-0.3, -0.25) is 19.4 Å². The van der Waals surface area contributed by atoms with E-state index in [4.69, 9.17) is 0 Å². The molecule has 4 heterocycles. The van der Waals surface area contributed by atoms with Crippen LogP contribution in [-0.4, -0.2) is 41.3 Å². The van der Waals surface area contributed by atoms with E-state index in [0.29, 0.717) is 33.6 Å². The van der Waals surface area contributed by atoms with E-state index in [-0.39, 0.29) is 17.7 Å². The quantitative estimate of drug-likeness (QED) is 0.324. The Labute approximate surface area is 226 Å². The lowest BCUT2D eigenvalue weighted by molar-refractivity contribution is 0.343. The van der Waals surface area contributed by atoms with Gasteiger partial charge in [-0.1, -0.05) is 24.3 Å². The van der Waals surface area contributed by atoms with Crippen LogP contribution in [0.4, 0.5) is 0 Å². The third-order valence-electron chi connectivity index (χ3n) is 7.12. The lowest BCUT2D eigenvalue weighted by atomic mass is 10.1. The van der Waals surface area contributed by atoms with Crippen molar-refractivity contribution in [2.75, 3.05) is 13.1 Å². The number of piperidine rings is 1. The Balaban J connectivity index is 1.31. The first-order chi connectivity index (χ1) is 18.9. The maximum atomic E-state index is 13.7. The number of aromatic nitrogens is 4. The molecule has 1 aliphatic heterocycles. The van der Waals surface area contributed by atoms with Crippen LogP contribution in [0.15, 0.2) is 84.2 Å². The summed E-state index contributed by atoms with van der Waals surface area (Å²) in [4.78, 5) is 22.4. The summed E-state index contributed by atoms with van der Waals surface area (Å²) in [7, 11) is -3.64. The summed E-state index contributed by atoms with van der Waals surface area (Å²) in [6.45, 7) is 2.06. The summed E-state index contributed by atoms with van der Waals surface area (Å²) in [5, 5.41) is 9.60. The van der Waals surface area contributed by atoms with Crippen molar-refractivity contribution in [2.45, 2.75) is 31.2 Å². The van der Waals surface area contributed by atoms with Crippen molar-refractivity contribution < 1.29 is 8.42 Å². The minimum atomic E-state index is -3.64. The Hall–Kier alpha value is -3.99. The van der Waals surface area contributed by atoms with E-state index in [1.54, 1.807) is 48.8 Å². The zero-order valence-corrected chi connectivity index (χ0v) is 22.1. The average molecular weight is 541 g/mol. The fraction of sp³-hybridized carbons (Fsp3) is 0.241. The molecule has 2 N–H and O–H groups in total. The predicted octanol–water partition coefficient (Wildman–Crippen LogP) is 3.55. The molecule has 10 heteroatoms. The van der Waals surface area contributed by atoms with E-state index in [9.17, 15) is 13.2 Å². The van der Waals surface area contributed by atoms with Gasteiger partial charge in [-0.15, -0.1) is 0 Å². The summed E-state index contributed by atoms with van der Waals surface area (Å²) < 4.78 is 30.1. The standard InChI is InChI=1S/C29H28N6O3S/c36-29-26-13-20(19-39(37,38)34-17-24-3-1-2-10-31-24)4-5-21(26)6-7-28-27(29)14-22(15-32-28)23-16-33-35(18-23)25-8-11-30-12-9-25/h1-7,10,13-16,18,25,30,34H,8-9,11-12,17,19H2. The van der Waals surface area contributed by atoms with Gasteiger partial charge in [0, 0.05) is 40.5 Å². The molecule has 0 bridgehead atoms. The van der Waals surface area contributed by atoms with E-state index in [1.807, 2.05) is 35.3 Å². The Morgan fingerprint density at radius 2 is 1.79 bits per heavy atom. The van der Waals surface area contributed by atoms with E-state index in [1.165, 1.54) is 0 Å². The maximum absolute atomic E-state index is 13.7. The minimum absolute atomic E-state index is 0.103. The Bertz CT molecular complexity index is 1820. The molecule has 6 rings (SSSR count). The van der Waals surface area contributed by atoms with Crippen molar-refractivity contribution in [1.29, 1.82) is 0 Å². The van der Waals surface area contributed by atoms with Crippen LogP contribution < -0.4 is 15.5 Å². The molecule has 0 spiro atoms. The van der Waals surface area contributed by atoms with E-state index < -0.39 is 10.0 Å². The summed E-state index contributed by atoms with van der Waals surface area (Å²) in [6.07, 6.45) is 9.28. The second kappa shape index (κ2) is 10.6. The lowest BCUT2D eigenvalue weighted by Gasteiger charge is -2.22. The van der Waals surface area contributed by atoms with Gasteiger partial charge >= 0.3 is 0 Å². The molecule has 0 aliphatic carbocycles. The fourth-order valence-corrected chi connectivity index (χ4v) is 6.10. The average Bonchev–Trinajstić information content (AvgIpc) is 3.42. The summed E-state index contributed by atoms with van der Waals surface area (Å²) in [5.41, 5.74) is 3.27. The van der Waals surface area contributed by atoms with Crippen LogP contribution in [0.5, 0.6) is 0 Å². The summed E-state index contributed by atoms with van der Waals surface area (Å²) >= 11 is 0. The van der Waals surface area contributed by atoms with Crippen molar-refractivity contribution in [3.05, 3.63) is 101 Å².